The van der Waals surface area contributed by atoms with E-state index in [0.29, 0.717) is 12.3 Å². The summed E-state index contributed by atoms with van der Waals surface area (Å²) in [7, 11) is 0. The topological polar surface area (TPSA) is 63.3 Å². The Kier molecular flexibility index (Phi) is 3.31. The molecule has 0 bridgehead atoms. The molecule has 1 rings (SSSR count). The molecule has 3 nitrogen and oxygen atoms in total. The van der Waals surface area contributed by atoms with E-state index in [2.05, 4.69) is 0 Å². The summed E-state index contributed by atoms with van der Waals surface area (Å²) in [6, 6.07) is 0. The van der Waals surface area contributed by atoms with Crippen LogP contribution in [-0.2, 0) is 4.79 Å². The molecule has 0 saturated heterocycles. The Labute approximate surface area is 79.3 Å². The van der Waals surface area contributed by atoms with E-state index in [1.165, 1.54) is 19.3 Å². The molecule has 13 heavy (non-hydrogen) atoms. The quantitative estimate of drug-likeness (QED) is 0.684. The summed E-state index contributed by atoms with van der Waals surface area (Å²) in [4.78, 5) is 11.1. The lowest BCUT2D eigenvalue weighted by Gasteiger charge is -2.35. The highest BCUT2D eigenvalue weighted by Crippen LogP contribution is 2.39. The van der Waals surface area contributed by atoms with Crippen LogP contribution in [0.4, 0.5) is 0 Å². The van der Waals surface area contributed by atoms with E-state index < -0.39 is 11.4 Å². The lowest BCUT2D eigenvalue weighted by Crippen LogP contribution is -2.40. The van der Waals surface area contributed by atoms with Crippen LogP contribution in [0.5, 0.6) is 0 Å². The van der Waals surface area contributed by atoms with E-state index >= 15 is 0 Å². The van der Waals surface area contributed by atoms with Gasteiger partial charge in [0.2, 0.25) is 0 Å². The van der Waals surface area contributed by atoms with Crippen LogP contribution in [0.1, 0.15) is 39.0 Å². The smallest absolute Gasteiger partial charge is 0.310 e. The molecule has 1 unspecified atom stereocenters. The molecule has 0 aromatic carbocycles. The first-order valence-electron chi connectivity index (χ1n) is 5.08. The van der Waals surface area contributed by atoms with Gasteiger partial charge in [-0.05, 0) is 18.8 Å². The predicted octanol–water partition coefficient (Wildman–Crippen LogP) is 1.62. The minimum atomic E-state index is -0.718. The Balaban J connectivity index is 2.58. The molecule has 0 aliphatic heterocycles. The number of carbonyl (C=O) groups is 1. The van der Waals surface area contributed by atoms with Gasteiger partial charge in [0.05, 0.1) is 5.41 Å². The fraction of sp³-hybridized carbons (Fsp3) is 0.900. The summed E-state index contributed by atoms with van der Waals surface area (Å²) in [6.07, 6.45) is 5.06. The number of carboxylic acid groups (broad SMARTS) is 1. The zero-order valence-corrected chi connectivity index (χ0v) is 8.25. The first kappa shape index (κ1) is 10.5. The first-order valence-corrected chi connectivity index (χ1v) is 5.08. The van der Waals surface area contributed by atoms with E-state index in [0.717, 1.165) is 6.42 Å². The van der Waals surface area contributed by atoms with Crippen molar-refractivity contribution in [2.45, 2.75) is 39.0 Å². The van der Waals surface area contributed by atoms with Gasteiger partial charge in [0.25, 0.3) is 0 Å². The first-order chi connectivity index (χ1) is 6.14. The summed E-state index contributed by atoms with van der Waals surface area (Å²) in [5, 5.41) is 9.11. The molecule has 0 heterocycles. The fourth-order valence-electron chi connectivity index (χ4n) is 1.95. The van der Waals surface area contributed by atoms with Crippen molar-refractivity contribution in [2.75, 3.05) is 6.54 Å². The second kappa shape index (κ2) is 4.09. The lowest BCUT2D eigenvalue weighted by molar-refractivity contribution is -0.150. The third-order valence-corrected chi connectivity index (χ3v) is 3.43. The van der Waals surface area contributed by atoms with Crippen molar-refractivity contribution in [3.05, 3.63) is 0 Å². The summed E-state index contributed by atoms with van der Waals surface area (Å²) >= 11 is 0. The van der Waals surface area contributed by atoms with Crippen LogP contribution in [0.2, 0.25) is 0 Å². The monoisotopic (exact) mass is 185 g/mol. The third-order valence-electron chi connectivity index (χ3n) is 3.43. The Bertz CT molecular complexity index is 183. The minimum Gasteiger partial charge on any atom is -0.481 e. The maximum atomic E-state index is 11.1. The maximum Gasteiger partial charge on any atom is 0.310 e. The normalized spacial score (nSPS) is 22.0. The van der Waals surface area contributed by atoms with Crippen LogP contribution in [0.25, 0.3) is 0 Å². The minimum absolute atomic E-state index is 0.273. The molecular weight excluding hydrogens is 166 g/mol. The molecule has 3 N–H and O–H groups in total. The molecule has 0 aromatic heterocycles. The average Bonchev–Trinajstić information content (AvgIpc) is 2.04. The average molecular weight is 185 g/mol. The van der Waals surface area contributed by atoms with Gasteiger partial charge < -0.3 is 10.8 Å². The molecule has 76 valence electrons. The lowest BCUT2D eigenvalue weighted by atomic mass is 9.70. The van der Waals surface area contributed by atoms with E-state index in [-0.39, 0.29) is 6.54 Å². The van der Waals surface area contributed by atoms with Crippen LogP contribution in [-0.4, -0.2) is 17.6 Å². The van der Waals surface area contributed by atoms with Crippen LogP contribution >= 0.6 is 0 Å². The Morgan fingerprint density at radius 1 is 1.62 bits per heavy atom. The van der Waals surface area contributed by atoms with Crippen molar-refractivity contribution in [2.24, 2.45) is 17.1 Å². The third kappa shape index (κ3) is 2.02. The van der Waals surface area contributed by atoms with E-state index in [9.17, 15) is 4.79 Å². The fourth-order valence-corrected chi connectivity index (χ4v) is 1.95. The summed E-state index contributed by atoms with van der Waals surface area (Å²) in [6.45, 7) is 2.19. The van der Waals surface area contributed by atoms with Crippen LogP contribution in [0.3, 0.4) is 0 Å². The van der Waals surface area contributed by atoms with Crippen LogP contribution in [0, 0.1) is 11.3 Å². The SMILES string of the molecule is CCC(CN)(CC1CCC1)C(=O)O. The van der Waals surface area contributed by atoms with Gasteiger partial charge in [-0.3, -0.25) is 4.79 Å². The second-order valence-corrected chi connectivity index (χ2v) is 4.14. The van der Waals surface area contributed by atoms with Gasteiger partial charge in [0.1, 0.15) is 0 Å². The van der Waals surface area contributed by atoms with E-state index in [1.54, 1.807) is 0 Å². The molecule has 1 aliphatic rings. The number of hydrogen-bond donors (Lipinski definition) is 2. The van der Waals surface area contributed by atoms with Gasteiger partial charge >= 0.3 is 5.97 Å². The van der Waals surface area contributed by atoms with Gasteiger partial charge in [-0.25, -0.2) is 0 Å². The highest BCUT2D eigenvalue weighted by Gasteiger charge is 2.38. The zero-order valence-electron chi connectivity index (χ0n) is 8.25. The summed E-state index contributed by atoms with van der Waals surface area (Å²) in [5.41, 5.74) is 4.92. The number of nitrogens with two attached hydrogens (primary N) is 1. The van der Waals surface area contributed by atoms with Gasteiger partial charge in [-0.15, -0.1) is 0 Å². The Morgan fingerprint density at radius 3 is 2.46 bits per heavy atom. The van der Waals surface area contributed by atoms with Crippen LogP contribution in [0.15, 0.2) is 0 Å². The van der Waals surface area contributed by atoms with Crippen molar-refractivity contribution in [3.8, 4) is 0 Å². The van der Waals surface area contributed by atoms with E-state index in [4.69, 9.17) is 10.8 Å². The molecule has 1 saturated carbocycles. The Hall–Kier alpha value is -0.570. The Morgan fingerprint density at radius 2 is 2.23 bits per heavy atom. The van der Waals surface area contributed by atoms with Crippen molar-refractivity contribution in [1.82, 2.24) is 0 Å². The van der Waals surface area contributed by atoms with Gasteiger partial charge in [-0.1, -0.05) is 26.2 Å². The highest BCUT2D eigenvalue weighted by molar-refractivity contribution is 5.74. The van der Waals surface area contributed by atoms with Crippen molar-refractivity contribution in [1.29, 1.82) is 0 Å². The van der Waals surface area contributed by atoms with Gasteiger partial charge in [0.15, 0.2) is 0 Å². The number of aliphatic carboxylic acids is 1. The molecule has 0 spiro atoms. The zero-order chi connectivity index (χ0) is 9.90. The molecule has 3 heteroatoms. The second-order valence-electron chi connectivity index (χ2n) is 4.14. The van der Waals surface area contributed by atoms with E-state index in [1.807, 2.05) is 6.92 Å². The largest absolute Gasteiger partial charge is 0.481 e. The summed E-state index contributed by atoms with van der Waals surface area (Å²) < 4.78 is 0. The van der Waals surface area contributed by atoms with Crippen molar-refractivity contribution < 1.29 is 9.90 Å². The molecule has 0 amide bonds. The molecule has 0 radical (unpaired) electrons. The number of rotatable bonds is 5. The molecule has 1 fully saturated rings. The molecule has 0 aromatic rings. The highest BCUT2D eigenvalue weighted by atomic mass is 16.4. The molecule has 1 aliphatic carbocycles. The molecular formula is C10H19NO2. The molecule has 1 atom stereocenters. The predicted molar refractivity (Wildman–Crippen MR) is 51.4 cm³/mol. The van der Waals surface area contributed by atoms with Crippen molar-refractivity contribution >= 4 is 5.97 Å². The van der Waals surface area contributed by atoms with Gasteiger partial charge in [-0.2, -0.15) is 0 Å². The number of carboxylic acids is 1. The summed E-state index contributed by atoms with van der Waals surface area (Å²) in [5.74, 6) is -0.107. The number of hydrogen-bond acceptors (Lipinski definition) is 2. The van der Waals surface area contributed by atoms with Crippen molar-refractivity contribution in [3.63, 3.8) is 0 Å². The van der Waals surface area contributed by atoms with Crippen LogP contribution < -0.4 is 5.73 Å². The maximum absolute atomic E-state index is 11.1. The standard InChI is InChI=1S/C10H19NO2/c1-2-10(7-11,9(12)13)6-8-4-3-5-8/h8H,2-7,11H2,1H3,(H,12,13). The van der Waals surface area contributed by atoms with Gasteiger partial charge in [0, 0.05) is 6.54 Å².